The molecule has 5 nitrogen and oxygen atoms in total. The monoisotopic (exact) mass is 271 g/mol. The lowest BCUT2D eigenvalue weighted by atomic mass is 10.0. The molecule has 0 aromatic heterocycles. The van der Waals surface area contributed by atoms with Crippen LogP contribution in [-0.2, 0) is 9.73 Å². The van der Waals surface area contributed by atoms with Gasteiger partial charge in [-0.3, -0.25) is 0 Å². The van der Waals surface area contributed by atoms with Crippen molar-refractivity contribution in [2.24, 2.45) is 10.1 Å². The van der Waals surface area contributed by atoms with Gasteiger partial charge < -0.3 is 10.8 Å². The fourth-order valence-corrected chi connectivity index (χ4v) is 2.28. The maximum atomic E-state index is 12.3. The Morgan fingerprint density at radius 3 is 2.56 bits per heavy atom. The second kappa shape index (κ2) is 5.91. The summed E-state index contributed by atoms with van der Waals surface area (Å²) in [6.45, 7) is -0.836. The lowest BCUT2D eigenvalue weighted by molar-refractivity contribution is 0.132. The topological polar surface area (TPSA) is 99.5 Å². The molecule has 1 rings (SSSR count). The molecule has 1 aromatic carbocycles. The van der Waals surface area contributed by atoms with Crippen LogP contribution in [-0.4, -0.2) is 28.3 Å². The molecule has 1 unspecified atom stereocenters. The number of nitrogens with zero attached hydrogens (tertiary/aromatic N) is 2. The maximum absolute atomic E-state index is 12.3. The molecule has 0 aliphatic heterocycles. The summed E-state index contributed by atoms with van der Waals surface area (Å²) in [4.78, 5) is 0.369. The van der Waals surface area contributed by atoms with E-state index in [0.717, 1.165) is 0 Å². The van der Waals surface area contributed by atoms with E-state index in [1.165, 1.54) is 36.7 Å². The van der Waals surface area contributed by atoms with Gasteiger partial charge in [0, 0.05) is 11.2 Å². The molecule has 0 fully saturated rings. The summed E-state index contributed by atoms with van der Waals surface area (Å²) in [5.41, 5.74) is 5.80. The van der Waals surface area contributed by atoms with Crippen molar-refractivity contribution in [2.45, 2.75) is 17.0 Å². The second-order valence-electron chi connectivity index (χ2n) is 3.83. The number of hydrogen-bond donors (Lipinski definition) is 2. The van der Waals surface area contributed by atoms with Crippen LogP contribution in [0.2, 0.25) is 0 Å². The summed E-state index contributed by atoms with van der Waals surface area (Å²) in [6, 6.07) is 4.95. The van der Waals surface area contributed by atoms with Gasteiger partial charge in [0.2, 0.25) is 6.19 Å². The molecule has 18 heavy (non-hydrogen) atoms. The predicted octanol–water partition coefficient (Wildman–Crippen LogP) is 0.955. The van der Waals surface area contributed by atoms with E-state index in [2.05, 4.69) is 4.36 Å². The second-order valence-corrected chi connectivity index (χ2v) is 6.08. The number of nitriles is 1. The first kappa shape index (κ1) is 14.6. The molecule has 0 aliphatic carbocycles. The molecule has 3 atom stereocenters. The zero-order valence-electron chi connectivity index (χ0n) is 9.78. The third kappa shape index (κ3) is 3.26. The van der Waals surface area contributed by atoms with Crippen molar-refractivity contribution in [3.63, 3.8) is 0 Å². The third-order valence-corrected chi connectivity index (χ3v) is 4.03. The van der Waals surface area contributed by atoms with Crippen molar-refractivity contribution in [3.8, 4) is 6.19 Å². The summed E-state index contributed by atoms with van der Waals surface area (Å²) in [5.74, 6) is 0. The number of nitrogens with two attached hydrogens (primary N) is 1. The van der Waals surface area contributed by atoms with Crippen LogP contribution in [0.1, 0.15) is 11.7 Å². The first-order chi connectivity index (χ1) is 8.42. The highest BCUT2D eigenvalue weighted by atomic mass is 32.2. The number of hydrogen-bond acceptors (Lipinski definition) is 5. The van der Waals surface area contributed by atoms with Crippen LogP contribution in [0.25, 0.3) is 0 Å². The van der Waals surface area contributed by atoms with Crippen molar-refractivity contribution in [2.75, 3.05) is 12.9 Å². The van der Waals surface area contributed by atoms with Crippen LogP contribution in [0.15, 0.2) is 33.5 Å². The fourth-order valence-electron chi connectivity index (χ4n) is 1.38. The Bertz CT molecular complexity index is 559. The predicted molar refractivity (Wildman–Crippen MR) is 65.7 cm³/mol. The lowest BCUT2D eigenvalue weighted by Crippen LogP contribution is -2.30. The minimum Gasteiger partial charge on any atom is -0.387 e. The van der Waals surface area contributed by atoms with E-state index in [0.29, 0.717) is 10.5 Å². The Morgan fingerprint density at radius 1 is 1.56 bits per heavy atom. The van der Waals surface area contributed by atoms with E-state index in [1.807, 2.05) is 0 Å². The van der Waals surface area contributed by atoms with Crippen LogP contribution < -0.4 is 5.73 Å². The zero-order chi connectivity index (χ0) is 13.8. The van der Waals surface area contributed by atoms with Crippen molar-refractivity contribution in [3.05, 3.63) is 29.8 Å². The lowest BCUT2D eigenvalue weighted by Gasteiger charge is -2.16. The molecule has 0 heterocycles. The number of halogens is 1. The number of rotatable bonds is 4. The van der Waals surface area contributed by atoms with Gasteiger partial charge in [0.05, 0.1) is 21.9 Å². The van der Waals surface area contributed by atoms with Gasteiger partial charge in [0.1, 0.15) is 6.67 Å². The molecule has 0 saturated carbocycles. The van der Waals surface area contributed by atoms with Gasteiger partial charge in [-0.05, 0) is 17.7 Å². The highest BCUT2D eigenvalue weighted by Gasteiger charge is 2.17. The highest BCUT2D eigenvalue weighted by molar-refractivity contribution is 7.93. The Hall–Kier alpha value is -1.49. The molecule has 0 aliphatic rings. The zero-order valence-corrected chi connectivity index (χ0v) is 10.6. The molecule has 0 amide bonds. The number of benzene rings is 1. The molecular formula is C11H14FN3O2S. The summed E-state index contributed by atoms with van der Waals surface area (Å²) in [7, 11) is -2.75. The molecule has 0 bridgehead atoms. The standard InChI is InChI=1S/C11H14FN3O2S/c1-18(17,15-7-13)9-4-2-8(3-5-9)11(16)10(14)6-12/h2-5,10-11,16H,6,14H2,1H3/t10-,11-,18?/m1/s1. The molecule has 7 heteroatoms. The van der Waals surface area contributed by atoms with Gasteiger partial charge in [0.15, 0.2) is 0 Å². The quantitative estimate of drug-likeness (QED) is 0.796. The van der Waals surface area contributed by atoms with Crippen molar-refractivity contribution in [1.29, 1.82) is 5.26 Å². The van der Waals surface area contributed by atoms with E-state index in [9.17, 15) is 13.7 Å². The van der Waals surface area contributed by atoms with Crippen molar-refractivity contribution < 1.29 is 13.7 Å². The van der Waals surface area contributed by atoms with Gasteiger partial charge in [-0.1, -0.05) is 12.1 Å². The molecule has 1 aromatic rings. The normalized spacial score (nSPS) is 17.3. The van der Waals surface area contributed by atoms with Gasteiger partial charge >= 0.3 is 0 Å². The minimum absolute atomic E-state index is 0.369. The van der Waals surface area contributed by atoms with Gasteiger partial charge in [0.25, 0.3) is 0 Å². The fraction of sp³-hybridized carbons (Fsp3) is 0.364. The number of alkyl halides is 1. The van der Waals surface area contributed by atoms with Gasteiger partial charge in [-0.2, -0.15) is 5.26 Å². The summed E-state index contributed by atoms with van der Waals surface area (Å²) in [6.07, 6.45) is 1.72. The summed E-state index contributed by atoms with van der Waals surface area (Å²) < 4.78 is 27.6. The van der Waals surface area contributed by atoms with E-state index in [4.69, 9.17) is 11.0 Å². The Labute approximate surface area is 105 Å². The van der Waals surface area contributed by atoms with Crippen LogP contribution in [0.4, 0.5) is 4.39 Å². The molecule has 98 valence electrons. The average molecular weight is 271 g/mol. The third-order valence-electron chi connectivity index (χ3n) is 2.46. The van der Waals surface area contributed by atoms with Crippen LogP contribution >= 0.6 is 0 Å². The van der Waals surface area contributed by atoms with E-state index in [-0.39, 0.29) is 0 Å². The van der Waals surface area contributed by atoms with Crippen LogP contribution in [0.5, 0.6) is 0 Å². The average Bonchev–Trinajstić information content (AvgIpc) is 2.37. The molecule has 0 radical (unpaired) electrons. The molecule has 0 saturated heterocycles. The smallest absolute Gasteiger partial charge is 0.214 e. The highest BCUT2D eigenvalue weighted by Crippen LogP contribution is 2.19. The van der Waals surface area contributed by atoms with E-state index >= 15 is 0 Å². The largest absolute Gasteiger partial charge is 0.387 e. The maximum Gasteiger partial charge on any atom is 0.214 e. The van der Waals surface area contributed by atoms with E-state index in [1.54, 1.807) is 0 Å². The molecule has 0 spiro atoms. The number of aliphatic hydroxyl groups excluding tert-OH is 1. The first-order valence-electron chi connectivity index (χ1n) is 5.12. The summed E-state index contributed by atoms with van der Waals surface area (Å²) >= 11 is 0. The first-order valence-corrected chi connectivity index (χ1v) is 7.04. The Balaban J connectivity index is 3.05. The molecular weight excluding hydrogens is 257 g/mol. The summed E-state index contributed by atoms with van der Waals surface area (Å²) in [5, 5.41) is 18.1. The minimum atomic E-state index is -2.75. The Kier molecular flexibility index (Phi) is 4.78. The van der Waals surface area contributed by atoms with Gasteiger partial charge in [-0.15, -0.1) is 4.36 Å². The van der Waals surface area contributed by atoms with E-state index < -0.39 is 28.5 Å². The Morgan fingerprint density at radius 2 is 2.11 bits per heavy atom. The van der Waals surface area contributed by atoms with Gasteiger partial charge in [-0.25, -0.2) is 8.60 Å². The SMILES string of the molecule is CS(=O)(=NC#N)c1ccc([C@@H](O)[C@H](N)CF)cc1. The van der Waals surface area contributed by atoms with Crippen molar-refractivity contribution >= 4 is 9.73 Å². The number of aliphatic hydroxyl groups is 1. The van der Waals surface area contributed by atoms with Crippen LogP contribution in [0, 0.1) is 11.5 Å². The van der Waals surface area contributed by atoms with Crippen molar-refractivity contribution in [1.82, 2.24) is 0 Å². The molecule has 3 N–H and O–H groups in total. The van der Waals surface area contributed by atoms with Crippen LogP contribution in [0.3, 0.4) is 0 Å².